The molecule has 0 unspecified atom stereocenters. The number of aliphatic hydroxyl groups excluding tert-OH is 2. The summed E-state index contributed by atoms with van der Waals surface area (Å²) in [4.78, 5) is 36.0. The molecule has 0 aromatic carbocycles. The molecule has 0 amide bonds. The first kappa shape index (κ1) is 49.7. The maximum Gasteiger partial charge on any atom is 0.300 e. The van der Waals surface area contributed by atoms with Crippen LogP contribution in [0.3, 0.4) is 0 Å². The van der Waals surface area contributed by atoms with Crippen LogP contribution in [0.2, 0.25) is 0 Å². The SMILES string of the molecule is CC(=O)O.CC(=O)O.CC(=O)O.CC(=O)O.CO.CO.[Rh].[Rh]. The number of aliphatic hydroxyl groups is 2. The van der Waals surface area contributed by atoms with E-state index >= 15 is 0 Å². The summed E-state index contributed by atoms with van der Waals surface area (Å²) in [5.41, 5.74) is 0. The molecule has 0 rings (SSSR count). The van der Waals surface area contributed by atoms with Gasteiger partial charge in [0.1, 0.15) is 0 Å². The van der Waals surface area contributed by atoms with Crippen molar-refractivity contribution in [2.75, 3.05) is 14.2 Å². The van der Waals surface area contributed by atoms with Crippen molar-refractivity contribution in [3.63, 3.8) is 0 Å². The van der Waals surface area contributed by atoms with E-state index in [9.17, 15) is 0 Å². The van der Waals surface area contributed by atoms with Crippen molar-refractivity contribution < 1.29 is 88.8 Å². The van der Waals surface area contributed by atoms with Gasteiger partial charge < -0.3 is 30.6 Å². The Bertz CT molecular complexity index is 170. The second kappa shape index (κ2) is 59.6. The summed E-state index contributed by atoms with van der Waals surface area (Å²) in [6.07, 6.45) is 0. The van der Waals surface area contributed by atoms with E-state index < -0.39 is 23.9 Å². The Kier molecular flexibility index (Phi) is 135. The molecule has 0 aromatic heterocycles. The minimum atomic E-state index is -0.833. The van der Waals surface area contributed by atoms with Crippen molar-refractivity contribution >= 4 is 23.9 Å². The first-order valence-electron chi connectivity index (χ1n) is 4.61. The van der Waals surface area contributed by atoms with Crippen LogP contribution in [0.1, 0.15) is 27.7 Å². The fourth-order valence-electron chi connectivity index (χ4n) is 0. The smallest absolute Gasteiger partial charge is 0.300 e. The predicted molar refractivity (Wildman–Crippen MR) is 69.5 cm³/mol. The fourth-order valence-corrected chi connectivity index (χ4v) is 0. The Labute approximate surface area is 154 Å². The maximum atomic E-state index is 9.00. The quantitative estimate of drug-likeness (QED) is 0.234. The molecule has 0 atom stereocenters. The Hall–Kier alpha value is -0.953. The molecule has 0 saturated carbocycles. The van der Waals surface area contributed by atoms with Gasteiger partial charge in [-0.25, -0.2) is 0 Å². The van der Waals surface area contributed by atoms with Crippen LogP contribution in [0.25, 0.3) is 0 Å². The number of hydrogen-bond donors (Lipinski definition) is 6. The average molecular weight is 510 g/mol. The van der Waals surface area contributed by atoms with Crippen LogP contribution >= 0.6 is 0 Å². The van der Waals surface area contributed by atoms with Crippen molar-refractivity contribution in [1.29, 1.82) is 0 Å². The Morgan fingerprint density at radius 3 is 0.455 bits per heavy atom. The average Bonchev–Trinajstić information content (AvgIpc) is 2.19. The molecule has 0 saturated heterocycles. The van der Waals surface area contributed by atoms with Gasteiger partial charge in [-0.2, -0.15) is 0 Å². The van der Waals surface area contributed by atoms with Crippen molar-refractivity contribution in [2.45, 2.75) is 27.7 Å². The van der Waals surface area contributed by atoms with E-state index in [2.05, 4.69) is 0 Å². The summed E-state index contributed by atoms with van der Waals surface area (Å²) in [7, 11) is 2.00. The van der Waals surface area contributed by atoms with Gasteiger partial charge in [0.2, 0.25) is 0 Å². The molecular weight excluding hydrogens is 486 g/mol. The third kappa shape index (κ3) is 6830. The number of aliphatic carboxylic acids is 4. The molecule has 2 radical (unpaired) electrons. The van der Waals surface area contributed by atoms with E-state index in [1.54, 1.807) is 0 Å². The Morgan fingerprint density at radius 2 is 0.455 bits per heavy atom. The molecule has 142 valence electrons. The van der Waals surface area contributed by atoms with Crippen LogP contribution in [0.5, 0.6) is 0 Å². The van der Waals surface area contributed by atoms with Crippen molar-refractivity contribution in [1.82, 2.24) is 0 Å². The second-order valence-corrected chi connectivity index (χ2v) is 2.08. The Balaban J connectivity index is -0.0000000179. The van der Waals surface area contributed by atoms with Gasteiger partial charge in [0, 0.05) is 80.9 Å². The third-order valence-electron chi connectivity index (χ3n) is 0. The van der Waals surface area contributed by atoms with Crippen LogP contribution in [0.4, 0.5) is 0 Å². The van der Waals surface area contributed by atoms with Gasteiger partial charge in [0.25, 0.3) is 23.9 Å². The summed E-state index contributed by atoms with van der Waals surface area (Å²) in [5.74, 6) is -3.33. The molecule has 0 aliphatic carbocycles. The molecule has 6 N–H and O–H groups in total. The molecule has 0 aliphatic heterocycles. The van der Waals surface area contributed by atoms with Gasteiger partial charge in [-0.1, -0.05) is 0 Å². The van der Waals surface area contributed by atoms with Gasteiger partial charge >= 0.3 is 0 Å². The van der Waals surface area contributed by atoms with Crippen LogP contribution in [-0.2, 0) is 58.1 Å². The predicted octanol–water partition coefficient (Wildman–Crippen LogP) is -0.424. The van der Waals surface area contributed by atoms with Crippen LogP contribution in [0, 0.1) is 0 Å². The van der Waals surface area contributed by atoms with Gasteiger partial charge in [-0.05, 0) is 0 Å². The van der Waals surface area contributed by atoms with E-state index in [1.807, 2.05) is 0 Å². The van der Waals surface area contributed by atoms with E-state index in [1.165, 1.54) is 0 Å². The zero-order chi connectivity index (χ0) is 18.3. The fraction of sp³-hybridized carbons (Fsp3) is 0.600. The zero-order valence-electron chi connectivity index (χ0n) is 13.0. The number of carboxylic acid groups (broad SMARTS) is 4. The van der Waals surface area contributed by atoms with Gasteiger partial charge in [0.05, 0.1) is 0 Å². The minimum absolute atomic E-state index is 0. The van der Waals surface area contributed by atoms with E-state index in [0.29, 0.717) is 0 Å². The monoisotopic (exact) mass is 510 g/mol. The van der Waals surface area contributed by atoms with Gasteiger partial charge in [-0.15, -0.1) is 0 Å². The van der Waals surface area contributed by atoms with E-state index in [0.717, 1.165) is 41.9 Å². The molecule has 0 bridgehead atoms. The first-order valence-corrected chi connectivity index (χ1v) is 4.61. The number of hydrogen-bond acceptors (Lipinski definition) is 6. The second-order valence-electron chi connectivity index (χ2n) is 2.08. The summed E-state index contributed by atoms with van der Waals surface area (Å²) >= 11 is 0. The van der Waals surface area contributed by atoms with Crippen LogP contribution in [-0.4, -0.2) is 68.7 Å². The maximum absolute atomic E-state index is 9.00. The standard InChI is InChI=1S/4C2H4O2.2CH4O.2Rh/c4*1-2(3)4;2*1-2;;/h4*1H3,(H,3,4);2*2H,1H3;;. The normalized spacial score (nSPS) is 5.09. The molecule has 0 fully saturated rings. The summed E-state index contributed by atoms with van der Waals surface area (Å²) < 4.78 is 0. The molecule has 10 nitrogen and oxygen atoms in total. The van der Waals surface area contributed by atoms with Gasteiger partial charge in [0.15, 0.2) is 0 Å². The topological polar surface area (TPSA) is 190 Å². The summed E-state index contributed by atoms with van der Waals surface area (Å²) in [6, 6.07) is 0. The van der Waals surface area contributed by atoms with E-state index in [-0.39, 0.29) is 39.0 Å². The first-order chi connectivity index (χ1) is 8.93. The van der Waals surface area contributed by atoms with Crippen molar-refractivity contribution in [2.24, 2.45) is 0 Å². The van der Waals surface area contributed by atoms with Crippen LogP contribution in [0.15, 0.2) is 0 Å². The summed E-state index contributed by atoms with van der Waals surface area (Å²) in [6.45, 7) is 4.33. The number of rotatable bonds is 0. The minimum Gasteiger partial charge on any atom is -0.481 e. The zero-order valence-corrected chi connectivity index (χ0v) is 16.3. The third-order valence-corrected chi connectivity index (χ3v) is 0. The number of carboxylic acids is 4. The van der Waals surface area contributed by atoms with Crippen molar-refractivity contribution in [3.05, 3.63) is 0 Å². The largest absolute Gasteiger partial charge is 0.481 e. The molecule has 0 spiro atoms. The molecular formula is C10H24O10Rh2. The molecule has 22 heavy (non-hydrogen) atoms. The molecule has 0 aromatic rings. The molecule has 12 heteroatoms. The molecule has 0 aliphatic rings. The van der Waals surface area contributed by atoms with Gasteiger partial charge in [-0.3, -0.25) is 19.2 Å². The van der Waals surface area contributed by atoms with E-state index in [4.69, 9.17) is 49.8 Å². The number of carbonyl (C=O) groups is 4. The Morgan fingerprint density at radius 1 is 0.455 bits per heavy atom. The summed E-state index contributed by atoms with van der Waals surface area (Å²) in [5, 5.41) is 43.7. The van der Waals surface area contributed by atoms with Crippen LogP contribution < -0.4 is 0 Å². The van der Waals surface area contributed by atoms with Crippen molar-refractivity contribution in [3.8, 4) is 0 Å². The molecule has 0 heterocycles.